The van der Waals surface area contributed by atoms with Crippen LogP contribution in [0.3, 0.4) is 0 Å². The molecule has 0 aliphatic carbocycles. The number of para-hydroxylation sites is 2. The van der Waals surface area contributed by atoms with Crippen molar-refractivity contribution in [1.82, 2.24) is 4.57 Å². The highest BCUT2D eigenvalue weighted by molar-refractivity contribution is 6.09. The lowest BCUT2D eigenvalue weighted by Crippen LogP contribution is -2.10. The largest absolute Gasteiger partial charge is 0.310 e. The molecule has 0 unspecified atom stereocenters. The van der Waals surface area contributed by atoms with Crippen molar-refractivity contribution in [2.75, 3.05) is 4.90 Å². The maximum absolute atomic E-state index is 2.37. The lowest BCUT2D eigenvalue weighted by Gasteiger charge is -2.26. The van der Waals surface area contributed by atoms with Crippen molar-refractivity contribution >= 4 is 49.6 Å². The predicted octanol–water partition coefficient (Wildman–Crippen LogP) is 14.4. The molecular formula is C52H36N2. The Labute approximate surface area is 315 Å². The van der Waals surface area contributed by atoms with Gasteiger partial charge in [0.25, 0.3) is 0 Å². The third kappa shape index (κ3) is 5.53. The second-order valence-electron chi connectivity index (χ2n) is 13.8. The van der Waals surface area contributed by atoms with Crippen LogP contribution in [0.2, 0.25) is 0 Å². The van der Waals surface area contributed by atoms with E-state index in [9.17, 15) is 0 Å². The van der Waals surface area contributed by atoms with Gasteiger partial charge in [-0.15, -0.1) is 0 Å². The molecule has 0 aliphatic heterocycles. The van der Waals surface area contributed by atoms with E-state index in [4.69, 9.17) is 0 Å². The van der Waals surface area contributed by atoms with Crippen molar-refractivity contribution in [3.8, 4) is 39.1 Å². The van der Waals surface area contributed by atoms with Gasteiger partial charge in [0, 0.05) is 33.5 Å². The van der Waals surface area contributed by atoms with Gasteiger partial charge >= 0.3 is 0 Å². The number of nitrogens with zero attached hydrogens (tertiary/aromatic N) is 2. The highest BCUT2D eigenvalue weighted by Gasteiger charge is 2.17. The van der Waals surface area contributed by atoms with E-state index >= 15 is 0 Å². The van der Waals surface area contributed by atoms with E-state index in [0.29, 0.717) is 0 Å². The number of rotatable bonds is 7. The molecular weight excluding hydrogens is 653 g/mol. The molecule has 10 aromatic rings. The molecule has 0 saturated heterocycles. The molecule has 0 atom stereocenters. The molecule has 1 heterocycles. The molecule has 1 aromatic heterocycles. The zero-order chi connectivity index (χ0) is 35.8. The highest BCUT2D eigenvalue weighted by Crippen LogP contribution is 2.41. The Bertz CT molecular complexity index is 2850. The van der Waals surface area contributed by atoms with Gasteiger partial charge < -0.3 is 9.47 Å². The Morgan fingerprint density at radius 2 is 0.796 bits per heavy atom. The minimum atomic E-state index is 1.09. The quantitative estimate of drug-likeness (QED) is 0.162. The van der Waals surface area contributed by atoms with Gasteiger partial charge in [-0.1, -0.05) is 158 Å². The predicted molar refractivity (Wildman–Crippen MR) is 229 cm³/mol. The normalized spacial score (nSPS) is 11.3. The molecule has 54 heavy (non-hydrogen) atoms. The van der Waals surface area contributed by atoms with E-state index < -0.39 is 0 Å². The molecule has 9 aromatic carbocycles. The van der Waals surface area contributed by atoms with Crippen LogP contribution < -0.4 is 4.90 Å². The van der Waals surface area contributed by atoms with E-state index in [1.165, 1.54) is 66.0 Å². The fourth-order valence-electron chi connectivity index (χ4n) is 8.08. The summed E-state index contributed by atoms with van der Waals surface area (Å²) in [6.45, 7) is 0. The van der Waals surface area contributed by atoms with Crippen molar-refractivity contribution in [3.05, 3.63) is 218 Å². The Balaban J connectivity index is 1.09. The standard InChI is InChI=1S/C52H36N2/c1-3-14-37(15-4-1)41-20-11-21-45(36-41)53(43-32-34-44(35-33-43)54-50-26-9-7-22-48(50)49-23-8-10-27-51(49)54)42-30-28-39(29-31-42)47-25-13-19-40-18-12-24-46(52(40)47)38-16-5-2-6-17-38/h1-36H. The molecule has 2 nitrogen and oxygen atoms in total. The molecule has 0 N–H and O–H groups in total. The second-order valence-corrected chi connectivity index (χ2v) is 13.8. The van der Waals surface area contributed by atoms with Crippen molar-refractivity contribution in [1.29, 1.82) is 0 Å². The summed E-state index contributed by atoms with van der Waals surface area (Å²) in [6.07, 6.45) is 0. The maximum Gasteiger partial charge on any atom is 0.0541 e. The van der Waals surface area contributed by atoms with Gasteiger partial charge in [-0.3, -0.25) is 0 Å². The summed E-state index contributed by atoms with van der Waals surface area (Å²) in [5, 5.41) is 5.03. The van der Waals surface area contributed by atoms with Gasteiger partial charge in [0.2, 0.25) is 0 Å². The Morgan fingerprint density at radius 1 is 0.315 bits per heavy atom. The first-order valence-corrected chi connectivity index (χ1v) is 18.5. The van der Waals surface area contributed by atoms with Crippen LogP contribution in [0, 0.1) is 0 Å². The van der Waals surface area contributed by atoms with Crippen LogP contribution in [0.1, 0.15) is 0 Å². The summed E-state index contributed by atoms with van der Waals surface area (Å²) in [7, 11) is 0. The molecule has 254 valence electrons. The van der Waals surface area contributed by atoms with Crippen molar-refractivity contribution in [3.63, 3.8) is 0 Å². The number of benzene rings is 9. The molecule has 0 radical (unpaired) electrons. The van der Waals surface area contributed by atoms with E-state index in [2.05, 4.69) is 228 Å². The second kappa shape index (κ2) is 13.4. The van der Waals surface area contributed by atoms with E-state index in [0.717, 1.165) is 22.7 Å². The summed E-state index contributed by atoms with van der Waals surface area (Å²) >= 11 is 0. The molecule has 0 aliphatic rings. The van der Waals surface area contributed by atoms with Crippen LogP contribution in [0.15, 0.2) is 218 Å². The number of anilines is 3. The van der Waals surface area contributed by atoms with Crippen LogP contribution in [-0.2, 0) is 0 Å². The minimum absolute atomic E-state index is 1.09. The van der Waals surface area contributed by atoms with Crippen molar-refractivity contribution < 1.29 is 0 Å². The van der Waals surface area contributed by atoms with Crippen LogP contribution in [0.25, 0.3) is 71.6 Å². The van der Waals surface area contributed by atoms with Gasteiger partial charge in [0.05, 0.1) is 11.0 Å². The Kier molecular flexibility index (Phi) is 7.85. The SMILES string of the molecule is c1ccc(-c2cccc(N(c3ccc(-c4cccc5cccc(-c6ccccc6)c45)cc3)c3ccc(-n4c5ccccc5c5ccccc54)cc3)c2)cc1. The third-order valence-electron chi connectivity index (χ3n) is 10.6. The molecule has 0 fully saturated rings. The molecule has 0 spiro atoms. The average molecular weight is 689 g/mol. The molecule has 0 amide bonds. The van der Waals surface area contributed by atoms with Crippen molar-refractivity contribution in [2.24, 2.45) is 0 Å². The summed E-state index contributed by atoms with van der Waals surface area (Å²) < 4.78 is 2.37. The van der Waals surface area contributed by atoms with E-state index in [-0.39, 0.29) is 0 Å². The van der Waals surface area contributed by atoms with Crippen LogP contribution >= 0.6 is 0 Å². The van der Waals surface area contributed by atoms with Crippen LogP contribution in [-0.4, -0.2) is 4.57 Å². The smallest absolute Gasteiger partial charge is 0.0541 e. The lowest BCUT2D eigenvalue weighted by molar-refractivity contribution is 1.17. The third-order valence-corrected chi connectivity index (χ3v) is 10.6. The summed E-state index contributed by atoms with van der Waals surface area (Å²) in [5.41, 5.74) is 14.1. The summed E-state index contributed by atoms with van der Waals surface area (Å²) in [6, 6.07) is 78.8. The van der Waals surface area contributed by atoms with Gasteiger partial charge in [-0.25, -0.2) is 0 Å². The lowest BCUT2D eigenvalue weighted by atomic mass is 9.91. The zero-order valence-electron chi connectivity index (χ0n) is 29.7. The Hall–Kier alpha value is -7.16. The summed E-state index contributed by atoms with van der Waals surface area (Å²) in [5.74, 6) is 0. The number of hydrogen-bond donors (Lipinski definition) is 0. The number of hydrogen-bond acceptors (Lipinski definition) is 1. The van der Waals surface area contributed by atoms with Crippen LogP contribution in [0.5, 0.6) is 0 Å². The highest BCUT2D eigenvalue weighted by atomic mass is 15.1. The molecule has 2 heteroatoms. The van der Waals surface area contributed by atoms with E-state index in [1.54, 1.807) is 0 Å². The topological polar surface area (TPSA) is 8.17 Å². The maximum atomic E-state index is 2.37. The molecule has 0 saturated carbocycles. The minimum Gasteiger partial charge on any atom is -0.310 e. The first-order valence-electron chi connectivity index (χ1n) is 18.5. The van der Waals surface area contributed by atoms with Gasteiger partial charge in [-0.05, 0) is 105 Å². The Morgan fingerprint density at radius 3 is 1.41 bits per heavy atom. The first kappa shape index (κ1) is 31.6. The summed E-state index contributed by atoms with van der Waals surface area (Å²) in [4.78, 5) is 2.37. The van der Waals surface area contributed by atoms with Crippen molar-refractivity contribution in [2.45, 2.75) is 0 Å². The van der Waals surface area contributed by atoms with Gasteiger partial charge in [-0.2, -0.15) is 0 Å². The number of fused-ring (bicyclic) bond motifs is 4. The van der Waals surface area contributed by atoms with E-state index in [1.807, 2.05) is 0 Å². The number of aromatic nitrogens is 1. The first-order chi connectivity index (χ1) is 26.8. The molecule has 10 rings (SSSR count). The zero-order valence-corrected chi connectivity index (χ0v) is 29.7. The van der Waals surface area contributed by atoms with Gasteiger partial charge in [0.15, 0.2) is 0 Å². The fourth-order valence-corrected chi connectivity index (χ4v) is 8.08. The van der Waals surface area contributed by atoms with Crippen LogP contribution in [0.4, 0.5) is 17.1 Å². The molecule has 0 bridgehead atoms. The average Bonchev–Trinajstić information content (AvgIpc) is 3.59. The monoisotopic (exact) mass is 688 g/mol. The van der Waals surface area contributed by atoms with Gasteiger partial charge in [0.1, 0.15) is 0 Å². The fraction of sp³-hybridized carbons (Fsp3) is 0.